The highest BCUT2D eigenvalue weighted by molar-refractivity contribution is 5.61. The molecule has 2 aliphatic heterocycles. The maximum absolute atomic E-state index is 11.1. The van der Waals surface area contributed by atoms with Crippen molar-refractivity contribution in [3.05, 3.63) is 33.9 Å². The Labute approximate surface area is 117 Å². The Kier molecular flexibility index (Phi) is 3.07. The van der Waals surface area contributed by atoms with E-state index in [0.717, 1.165) is 25.3 Å². The molecule has 1 N–H and O–H groups in total. The molecule has 0 aromatic heterocycles. The van der Waals surface area contributed by atoms with E-state index in [2.05, 4.69) is 17.1 Å². The van der Waals surface area contributed by atoms with Crippen molar-refractivity contribution >= 4 is 11.4 Å². The molecule has 0 radical (unpaired) electrons. The molecule has 2 aliphatic rings. The van der Waals surface area contributed by atoms with Crippen LogP contribution in [0.15, 0.2) is 18.2 Å². The predicted octanol–water partition coefficient (Wildman–Crippen LogP) is 1.51. The van der Waals surface area contributed by atoms with E-state index in [4.69, 9.17) is 5.26 Å². The number of hydrogen-bond donors (Lipinski definition) is 1. The Balaban J connectivity index is 1.94. The van der Waals surface area contributed by atoms with Crippen LogP contribution in [0.1, 0.15) is 12.5 Å². The average molecular weight is 272 g/mol. The normalized spacial score (nSPS) is 28.2. The molecule has 3 unspecified atom stereocenters. The van der Waals surface area contributed by atoms with Crippen LogP contribution in [0.3, 0.4) is 0 Å². The molecule has 2 heterocycles. The van der Waals surface area contributed by atoms with Gasteiger partial charge in [-0.05, 0) is 30.9 Å². The van der Waals surface area contributed by atoms with Crippen molar-refractivity contribution in [1.29, 1.82) is 5.26 Å². The van der Waals surface area contributed by atoms with E-state index in [9.17, 15) is 10.1 Å². The van der Waals surface area contributed by atoms with Gasteiger partial charge in [0.25, 0.3) is 5.69 Å². The van der Waals surface area contributed by atoms with Crippen molar-refractivity contribution in [2.24, 2.45) is 11.8 Å². The maximum Gasteiger partial charge on any atom is 0.289 e. The molecule has 2 saturated heterocycles. The van der Waals surface area contributed by atoms with Crippen LogP contribution in [0.25, 0.3) is 0 Å². The van der Waals surface area contributed by atoms with Gasteiger partial charge in [0.2, 0.25) is 0 Å². The third-order valence-corrected chi connectivity index (χ3v) is 4.56. The van der Waals surface area contributed by atoms with Gasteiger partial charge in [0.15, 0.2) is 0 Å². The standard InChI is InChI=1S/C14H16N4O2/c1-9-13-7-16-6-11(13)8-17(9)12-3-2-10(5-15)14(4-12)18(19)20/h2-4,9,11,13,16H,6-8H2,1H3. The Morgan fingerprint density at radius 2 is 2.30 bits per heavy atom. The Morgan fingerprint density at radius 3 is 2.95 bits per heavy atom. The summed E-state index contributed by atoms with van der Waals surface area (Å²) in [6, 6.07) is 7.13. The lowest BCUT2D eigenvalue weighted by Crippen LogP contribution is -2.33. The van der Waals surface area contributed by atoms with Gasteiger partial charge in [-0.15, -0.1) is 0 Å². The van der Waals surface area contributed by atoms with E-state index in [1.54, 1.807) is 6.07 Å². The number of nitro benzene ring substituents is 1. The summed E-state index contributed by atoms with van der Waals surface area (Å²) in [5.41, 5.74) is 0.859. The summed E-state index contributed by atoms with van der Waals surface area (Å²) < 4.78 is 0. The molecule has 2 fully saturated rings. The van der Waals surface area contributed by atoms with Crippen molar-refractivity contribution in [2.75, 3.05) is 24.5 Å². The smallest absolute Gasteiger partial charge is 0.289 e. The zero-order valence-electron chi connectivity index (χ0n) is 11.2. The zero-order valence-corrected chi connectivity index (χ0v) is 11.2. The Hall–Kier alpha value is -2.13. The van der Waals surface area contributed by atoms with Gasteiger partial charge in [0.1, 0.15) is 11.6 Å². The molecule has 3 atom stereocenters. The van der Waals surface area contributed by atoms with Gasteiger partial charge in [-0.2, -0.15) is 5.26 Å². The molecule has 3 rings (SSSR count). The van der Waals surface area contributed by atoms with E-state index >= 15 is 0 Å². The number of hydrogen-bond acceptors (Lipinski definition) is 5. The minimum absolute atomic E-state index is 0.104. The van der Waals surface area contributed by atoms with Crippen molar-refractivity contribution in [2.45, 2.75) is 13.0 Å². The molecular weight excluding hydrogens is 256 g/mol. The number of benzene rings is 1. The third kappa shape index (κ3) is 1.91. The highest BCUT2D eigenvalue weighted by atomic mass is 16.6. The molecule has 6 heteroatoms. The van der Waals surface area contributed by atoms with Crippen LogP contribution >= 0.6 is 0 Å². The zero-order chi connectivity index (χ0) is 14.3. The fourth-order valence-corrected chi connectivity index (χ4v) is 3.45. The number of nitrogens with zero attached hydrogens (tertiary/aromatic N) is 3. The number of nitriles is 1. The Morgan fingerprint density at radius 1 is 1.50 bits per heavy atom. The van der Waals surface area contributed by atoms with Gasteiger partial charge in [-0.25, -0.2) is 0 Å². The number of nitrogens with one attached hydrogen (secondary N) is 1. The second kappa shape index (κ2) is 4.76. The van der Waals surface area contributed by atoms with Crippen molar-refractivity contribution in [3.8, 4) is 6.07 Å². The monoisotopic (exact) mass is 272 g/mol. The second-order valence-electron chi connectivity index (χ2n) is 5.55. The van der Waals surface area contributed by atoms with Gasteiger partial charge in [0, 0.05) is 37.4 Å². The van der Waals surface area contributed by atoms with Crippen LogP contribution in [-0.4, -0.2) is 30.6 Å². The summed E-state index contributed by atoms with van der Waals surface area (Å²) in [4.78, 5) is 12.8. The first-order chi connectivity index (χ1) is 9.61. The van der Waals surface area contributed by atoms with Gasteiger partial charge in [-0.1, -0.05) is 0 Å². The molecule has 0 aliphatic carbocycles. The van der Waals surface area contributed by atoms with E-state index in [1.807, 2.05) is 12.1 Å². The largest absolute Gasteiger partial charge is 0.368 e. The van der Waals surface area contributed by atoms with E-state index in [1.165, 1.54) is 6.07 Å². The lowest BCUT2D eigenvalue weighted by Gasteiger charge is -2.26. The molecule has 1 aromatic carbocycles. The predicted molar refractivity (Wildman–Crippen MR) is 74.5 cm³/mol. The topological polar surface area (TPSA) is 82.2 Å². The highest BCUT2D eigenvalue weighted by Crippen LogP contribution is 2.37. The molecule has 1 aromatic rings. The summed E-state index contributed by atoms with van der Waals surface area (Å²) in [6.07, 6.45) is 0. The summed E-state index contributed by atoms with van der Waals surface area (Å²) in [6.45, 7) is 5.12. The quantitative estimate of drug-likeness (QED) is 0.652. The fraction of sp³-hybridized carbons (Fsp3) is 0.500. The first-order valence-corrected chi connectivity index (χ1v) is 6.77. The first-order valence-electron chi connectivity index (χ1n) is 6.77. The molecule has 6 nitrogen and oxygen atoms in total. The lowest BCUT2D eigenvalue weighted by molar-refractivity contribution is -0.385. The van der Waals surface area contributed by atoms with Crippen LogP contribution in [0.5, 0.6) is 0 Å². The van der Waals surface area contributed by atoms with Crippen molar-refractivity contribution < 1.29 is 4.92 Å². The van der Waals surface area contributed by atoms with Crippen LogP contribution in [0.4, 0.5) is 11.4 Å². The summed E-state index contributed by atoms with van der Waals surface area (Å²) >= 11 is 0. The summed E-state index contributed by atoms with van der Waals surface area (Å²) in [7, 11) is 0. The van der Waals surface area contributed by atoms with E-state index in [0.29, 0.717) is 17.9 Å². The molecule has 0 amide bonds. The molecular formula is C14H16N4O2. The molecule has 20 heavy (non-hydrogen) atoms. The van der Waals surface area contributed by atoms with E-state index < -0.39 is 4.92 Å². The van der Waals surface area contributed by atoms with Crippen molar-refractivity contribution in [1.82, 2.24) is 5.32 Å². The first kappa shape index (κ1) is 12.9. The van der Waals surface area contributed by atoms with Crippen molar-refractivity contribution in [3.63, 3.8) is 0 Å². The minimum atomic E-state index is -0.481. The van der Waals surface area contributed by atoms with Crippen LogP contribution in [-0.2, 0) is 0 Å². The lowest BCUT2D eigenvalue weighted by atomic mass is 9.95. The number of anilines is 1. The van der Waals surface area contributed by atoms with Crippen LogP contribution in [0.2, 0.25) is 0 Å². The average Bonchev–Trinajstić information content (AvgIpc) is 3.01. The fourth-order valence-electron chi connectivity index (χ4n) is 3.45. The third-order valence-electron chi connectivity index (χ3n) is 4.56. The van der Waals surface area contributed by atoms with Gasteiger partial charge in [-0.3, -0.25) is 10.1 Å². The van der Waals surface area contributed by atoms with Crippen LogP contribution < -0.4 is 10.2 Å². The van der Waals surface area contributed by atoms with E-state index in [-0.39, 0.29) is 11.3 Å². The van der Waals surface area contributed by atoms with Crippen LogP contribution in [0, 0.1) is 33.3 Å². The number of fused-ring (bicyclic) bond motifs is 1. The molecule has 0 saturated carbocycles. The van der Waals surface area contributed by atoms with Gasteiger partial charge >= 0.3 is 0 Å². The molecule has 0 spiro atoms. The van der Waals surface area contributed by atoms with Gasteiger partial charge < -0.3 is 10.2 Å². The van der Waals surface area contributed by atoms with Gasteiger partial charge in [0.05, 0.1) is 4.92 Å². The summed E-state index contributed by atoms with van der Waals surface area (Å²) in [5, 5.41) is 23.4. The summed E-state index contributed by atoms with van der Waals surface area (Å²) in [5.74, 6) is 1.21. The molecule has 104 valence electrons. The minimum Gasteiger partial charge on any atom is -0.368 e. The number of rotatable bonds is 2. The second-order valence-corrected chi connectivity index (χ2v) is 5.55. The number of nitro groups is 1. The Bertz CT molecular complexity index is 595. The molecule has 0 bridgehead atoms. The SMILES string of the molecule is CC1C2CNCC2CN1c1ccc(C#N)c([N+](=O)[O-])c1. The maximum atomic E-state index is 11.1. The highest BCUT2D eigenvalue weighted by Gasteiger charge is 2.42.